The third-order valence-corrected chi connectivity index (χ3v) is 4.66. The number of aliphatic hydroxyl groups is 1. The summed E-state index contributed by atoms with van der Waals surface area (Å²) in [5.41, 5.74) is 0.943. The maximum Gasteiger partial charge on any atom is 0.324 e. The maximum atomic E-state index is 11.6. The topological polar surface area (TPSA) is 76.1 Å². The number of carbonyl (C=O) groups is 2. The van der Waals surface area contributed by atoms with Crippen molar-refractivity contribution in [2.75, 3.05) is 52.4 Å². The summed E-state index contributed by atoms with van der Waals surface area (Å²) in [5, 5.41) is 12.8. The molecule has 1 aromatic rings. The van der Waals surface area contributed by atoms with Crippen LogP contribution in [0.15, 0.2) is 30.3 Å². The lowest BCUT2D eigenvalue weighted by Crippen LogP contribution is -2.49. The molecule has 24 heavy (non-hydrogen) atoms. The van der Waals surface area contributed by atoms with E-state index in [9.17, 15) is 14.7 Å². The molecular formula is C17H24N4O3. The Bertz CT molecular complexity index is 556. The molecule has 3 rings (SSSR count). The summed E-state index contributed by atoms with van der Waals surface area (Å²) >= 11 is 0. The van der Waals surface area contributed by atoms with Gasteiger partial charge in [-0.15, -0.1) is 0 Å². The van der Waals surface area contributed by atoms with Gasteiger partial charge in [0, 0.05) is 45.8 Å². The predicted molar refractivity (Wildman–Crippen MR) is 89.4 cm³/mol. The molecule has 0 bridgehead atoms. The van der Waals surface area contributed by atoms with Crippen molar-refractivity contribution >= 4 is 11.9 Å². The van der Waals surface area contributed by atoms with E-state index in [-0.39, 0.29) is 18.5 Å². The highest BCUT2D eigenvalue weighted by molar-refractivity contribution is 6.01. The highest BCUT2D eigenvalue weighted by Gasteiger charge is 2.29. The van der Waals surface area contributed by atoms with E-state index in [4.69, 9.17) is 0 Å². The Hall–Kier alpha value is -1.96. The summed E-state index contributed by atoms with van der Waals surface area (Å²) in [4.78, 5) is 28.8. The first-order valence-corrected chi connectivity index (χ1v) is 8.39. The Labute approximate surface area is 141 Å². The van der Waals surface area contributed by atoms with Crippen molar-refractivity contribution < 1.29 is 14.7 Å². The number of amides is 3. The Balaban J connectivity index is 1.39. The van der Waals surface area contributed by atoms with Crippen molar-refractivity contribution in [1.82, 2.24) is 20.0 Å². The zero-order valence-electron chi connectivity index (χ0n) is 13.7. The molecule has 130 valence electrons. The lowest BCUT2D eigenvalue weighted by molar-refractivity contribution is -0.125. The Morgan fingerprint density at radius 2 is 1.67 bits per heavy atom. The number of nitrogens with one attached hydrogen (secondary N) is 1. The Kier molecular flexibility index (Phi) is 5.44. The van der Waals surface area contributed by atoms with Gasteiger partial charge in [-0.25, -0.2) is 4.79 Å². The van der Waals surface area contributed by atoms with Crippen LogP contribution in [0, 0.1) is 0 Å². The molecule has 2 aliphatic rings. The molecule has 0 aromatic heterocycles. The molecule has 2 aliphatic heterocycles. The van der Waals surface area contributed by atoms with Crippen molar-refractivity contribution in [3.05, 3.63) is 35.9 Å². The van der Waals surface area contributed by atoms with Gasteiger partial charge in [-0.2, -0.15) is 0 Å². The fourth-order valence-electron chi connectivity index (χ4n) is 3.14. The summed E-state index contributed by atoms with van der Waals surface area (Å²) in [6.07, 6.45) is -0.469. The number of piperazine rings is 1. The van der Waals surface area contributed by atoms with Crippen LogP contribution in [0.25, 0.3) is 0 Å². The first-order chi connectivity index (χ1) is 11.6. The number of hydrogen-bond donors (Lipinski definition) is 2. The normalized spacial score (nSPS) is 21.1. The van der Waals surface area contributed by atoms with Crippen LogP contribution in [0.1, 0.15) is 11.7 Å². The fourth-order valence-corrected chi connectivity index (χ4v) is 3.14. The monoisotopic (exact) mass is 332 g/mol. The van der Waals surface area contributed by atoms with E-state index in [1.165, 1.54) is 4.90 Å². The summed E-state index contributed by atoms with van der Waals surface area (Å²) in [7, 11) is 0. The van der Waals surface area contributed by atoms with Crippen LogP contribution in [0.4, 0.5) is 4.79 Å². The minimum atomic E-state index is -0.469. The van der Waals surface area contributed by atoms with Crippen LogP contribution in [0.5, 0.6) is 0 Å². The average molecular weight is 332 g/mol. The number of nitrogens with zero attached hydrogens (tertiary/aromatic N) is 3. The molecule has 2 fully saturated rings. The molecule has 1 unspecified atom stereocenters. The van der Waals surface area contributed by atoms with E-state index in [0.29, 0.717) is 19.6 Å². The summed E-state index contributed by atoms with van der Waals surface area (Å²) in [6, 6.07) is 9.42. The zero-order valence-corrected chi connectivity index (χ0v) is 13.7. The largest absolute Gasteiger partial charge is 0.387 e. The number of hydrogen-bond acceptors (Lipinski definition) is 5. The molecule has 0 spiro atoms. The summed E-state index contributed by atoms with van der Waals surface area (Å²) in [6.45, 7) is 5.41. The number of urea groups is 1. The third-order valence-electron chi connectivity index (χ3n) is 4.66. The van der Waals surface area contributed by atoms with Gasteiger partial charge in [0.2, 0.25) is 5.91 Å². The molecule has 1 aromatic carbocycles. The molecule has 2 N–H and O–H groups in total. The van der Waals surface area contributed by atoms with Crippen LogP contribution in [-0.4, -0.2) is 84.1 Å². The minimum Gasteiger partial charge on any atom is -0.387 e. The first kappa shape index (κ1) is 16.9. The second kappa shape index (κ2) is 7.74. The van der Waals surface area contributed by atoms with Crippen LogP contribution in [0.3, 0.4) is 0 Å². The van der Waals surface area contributed by atoms with Crippen molar-refractivity contribution in [1.29, 1.82) is 0 Å². The highest BCUT2D eigenvalue weighted by Crippen LogP contribution is 2.15. The van der Waals surface area contributed by atoms with Gasteiger partial charge in [-0.3, -0.25) is 19.5 Å². The quantitative estimate of drug-likeness (QED) is 0.711. The van der Waals surface area contributed by atoms with Gasteiger partial charge >= 0.3 is 6.03 Å². The number of rotatable bonds is 6. The molecule has 0 radical (unpaired) electrons. The van der Waals surface area contributed by atoms with Crippen molar-refractivity contribution in [2.24, 2.45) is 0 Å². The SMILES string of the molecule is O=C1CNC(=O)N1CCN1CCN(CC(O)c2ccccc2)CC1. The van der Waals surface area contributed by atoms with Crippen LogP contribution in [-0.2, 0) is 4.79 Å². The minimum absolute atomic E-state index is 0.115. The standard InChI is InChI=1S/C17H24N4O3/c22-15(14-4-2-1-3-5-14)13-20-8-6-19(7-9-20)10-11-21-16(23)12-18-17(21)24/h1-5,15,22H,6-13H2,(H,18,24). The molecule has 0 aliphatic carbocycles. The number of aliphatic hydroxyl groups excluding tert-OH is 1. The average Bonchev–Trinajstić information content (AvgIpc) is 2.93. The summed E-state index contributed by atoms with van der Waals surface area (Å²) in [5.74, 6) is -0.149. The molecule has 7 nitrogen and oxygen atoms in total. The molecule has 2 heterocycles. The highest BCUT2D eigenvalue weighted by atomic mass is 16.3. The molecule has 2 saturated heterocycles. The number of carbonyl (C=O) groups excluding carboxylic acids is 2. The number of β-amino-alcohol motifs (C(OH)–C–C–N with tert-alkyl or cyclic N) is 1. The fraction of sp³-hybridized carbons (Fsp3) is 0.529. The van der Waals surface area contributed by atoms with Gasteiger partial charge in [-0.1, -0.05) is 30.3 Å². The first-order valence-electron chi connectivity index (χ1n) is 8.39. The van der Waals surface area contributed by atoms with Gasteiger partial charge in [0.05, 0.1) is 12.6 Å². The van der Waals surface area contributed by atoms with Crippen LogP contribution in [0.2, 0.25) is 0 Å². The van der Waals surface area contributed by atoms with Gasteiger partial charge < -0.3 is 10.4 Å². The van der Waals surface area contributed by atoms with Gasteiger partial charge in [0.15, 0.2) is 0 Å². The van der Waals surface area contributed by atoms with E-state index >= 15 is 0 Å². The molecule has 3 amide bonds. The van der Waals surface area contributed by atoms with E-state index in [2.05, 4.69) is 15.1 Å². The van der Waals surface area contributed by atoms with E-state index in [1.807, 2.05) is 30.3 Å². The van der Waals surface area contributed by atoms with Gasteiger partial charge in [-0.05, 0) is 5.56 Å². The van der Waals surface area contributed by atoms with E-state index in [0.717, 1.165) is 31.7 Å². The van der Waals surface area contributed by atoms with Gasteiger partial charge in [0.25, 0.3) is 0 Å². The molecule has 1 atom stereocenters. The zero-order chi connectivity index (χ0) is 16.9. The third kappa shape index (κ3) is 4.11. The summed E-state index contributed by atoms with van der Waals surface area (Å²) < 4.78 is 0. The van der Waals surface area contributed by atoms with Gasteiger partial charge in [0.1, 0.15) is 0 Å². The van der Waals surface area contributed by atoms with E-state index < -0.39 is 6.10 Å². The molecular weight excluding hydrogens is 308 g/mol. The Morgan fingerprint density at radius 3 is 2.29 bits per heavy atom. The number of imide groups is 1. The molecule has 7 heteroatoms. The maximum absolute atomic E-state index is 11.6. The Morgan fingerprint density at radius 1 is 1.00 bits per heavy atom. The van der Waals surface area contributed by atoms with Crippen molar-refractivity contribution in [3.8, 4) is 0 Å². The molecule has 0 saturated carbocycles. The lowest BCUT2D eigenvalue weighted by atomic mass is 10.1. The van der Waals surface area contributed by atoms with E-state index in [1.54, 1.807) is 0 Å². The smallest absolute Gasteiger partial charge is 0.324 e. The second-order valence-electron chi connectivity index (χ2n) is 6.27. The van der Waals surface area contributed by atoms with Crippen LogP contribution < -0.4 is 5.32 Å². The second-order valence-corrected chi connectivity index (χ2v) is 6.27. The number of benzene rings is 1. The lowest BCUT2D eigenvalue weighted by Gasteiger charge is -2.36. The predicted octanol–water partition coefficient (Wildman–Crippen LogP) is -0.111. The van der Waals surface area contributed by atoms with Crippen molar-refractivity contribution in [2.45, 2.75) is 6.10 Å². The van der Waals surface area contributed by atoms with Crippen molar-refractivity contribution in [3.63, 3.8) is 0 Å². The van der Waals surface area contributed by atoms with Crippen LogP contribution >= 0.6 is 0 Å².